The molecule has 1 aliphatic heterocycles. The van der Waals surface area contributed by atoms with Gasteiger partial charge in [0, 0.05) is 30.3 Å². The quantitative estimate of drug-likeness (QED) is 0.309. The predicted octanol–water partition coefficient (Wildman–Crippen LogP) is 7.95. The van der Waals surface area contributed by atoms with Crippen LogP contribution in [0.3, 0.4) is 0 Å². The van der Waals surface area contributed by atoms with E-state index in [1.165, 1.54) is 19.3 Å². The van der Waals surface area contributed by atoms with E-state index in [0.29, 0.717) is 29.7 Å². The summed E-state index contributed by atoms with van der Waals surface area (Å²) in [5.74, 6) is 1.33. The summed E-state index contributed by atoms with van der Waals surface area (Å²) in [7, 11) is 1.64. The number of hydrogen-bond acceptors (Lipinski definition) is 4. The SMILES string of the molecule is COc1cc(CNc2ccc(N3CCCCC3)c(Cl)c2)cc(Br)c1OCc1cccc(Cl)c1. The van der Waals surface area contributed by atoms with Crippen molar-refractivity contribution in [2.45, 2.75) is 32.4 Å². The Bertz CT molecular complexity index is 1100. The summed E-state index contributed by atoms with van der Waals surface area (Å²) in [4.78, 5) is 2.37. The van der Waals surface area contributed by atoms with Gasteiger partial charge in [-0.15, -0.1) is 0 Å². The summed E-state index contributed by atoms with van der Waals surface area (Å²) in [5.41, 5.74) is 4.15. The summed E-state index contributed by atoms with van der Waals surface area (Å²) in [6.07, 6.45) is 3.76. The predicted molar refractivity (Wildman–Crippen MR) is 141 cm³/mol. The molecule has 1 aliphatic rings. The van der Waals surface area contributed by atoms with Gasteiger partial charge in [-0.05, 0) is 88.8 Å². The zero-order chi connectivity index (χ0) is 23.2. The normalized spacial score (nSPS) is 13.6. The number of piperidine rings is 1. The number of halogens is 3. The first-order valence-electron chi connectivity index (χ1n) is 11.1. The number of methoxy groups -OCH3 is 1. The van der Waals surface area contributed by atoms with E-state index >= 15 is 0 Å². The molecule has 4 nitrogen and oxygen atoms in total. The molecule has 174 valence electrons. The lowest BCUT2D eigenvalue weighted by atomic mass is 10.1. The highest BCUT2D eigenvalue weighted by Crippen LogP contribution is 2.38. The average molecular weight is 550 g/mol. The second kappa shape index (κ2) is 11.4. The number of ether oxygens (including phenoxy) is 2. The van der Waals surface area contributed by atoms with E-state index in [1.807, 2.05) is 42.5 Å². The Labute approximate surface area is 213 Å². The molecule has 0 amide bonds. The van der Waals surface area contributed by atoms with Crippen molar-refractivity contribution in [3.05, 3.63) is 80.2 Å². The first-order valence-corrected chi connectivity index (χ1v) is 12.6. The van der Waals surface area contributed by atoms with Gasteiger partial charge in [-0.3, -0.25) is 0 Å². The van der Waals surface area contributed by atoms with Crippen LogP contribution in [0.5, 0.6) is 11.5 Å². The largest absolute Gasteiger partial charge is 0.493 e. The van der Waals surface area contributed by atoms with Crippen LogP contribution in [0.2, 0.25) is 10.0 Å². The lowest BCUT2D eigenvalue weighted by molar-refractivity contribution is 0.282. The van der Waals surface area contributed by atoms with Crippen LogP contribution in [0, 0.1) is 0 Å². The molecule has 33 heavy (non-hydrogen) atoms. The molecule has 0 aliphatic carbocycles. The maximum atomic E-state index is 6.60. The molecule has 0 unspecified atom stereocenters. The van der Waals surface area contributed by atoms with Crippen molar-refractivity contribution < 1.29 is 9.47 Å². The highest BCUT2D eigenvalue weighted by Gasteiger charge is 2.15. The zero-order valence-corrected chi connectivity index (χ0v) is 21.6. The second-order valence-corrected chi connectivity index (χ2v) is 9.79. The van der Waals surface area contributed by atoms with E-state index in [1.54, 1.807) is 7.11 Å². The van der Waals surface area contributed by atoms with Gasteiger partial charge < -0.3 is 19.7 Å². The molecule has 0 saturated carbocycles. The second-order valence-electron chi connectivity index (χ2n) is 8.10. The van der Waals surface area contributed by atoms with E-state index in [2.05, 4.69) is 38.3 Å². The molecule has 3 aromatic rings. The molecule has 3 aromatic carbocycles. The van der Waals surface area contributed by atoms with E-state index < -0.39 is 0 Å². The van der Waals surface area contributed by atoms with E-state index in [0.717, 1.165) is 45.1 Å². The zero-order valence-electron chi connectivity index (χ0n) is 18.5. The van der Waals surface area contributed by atoms with Crippen molar-refractivity contribution in [2.75, 3.05) is 30.4 Å². The van der Waals surface area contributed by atoms with E-state index in [-0.39, 0.29) is 0 Å². The fourth-order valence-corrected chi connectivity index (χ4v) is 5.13. The standard InChI is InChI=1S/C26H27BrCl2N2O2/c1-32-25-14-19(13-22(27)26(25)33-17-18-6-5-7-20(28)12-18)16-30-21-8-9-24(23(29)15-21)31-10-3-2-4-11-31/h5-9,12-15,30H,2-4,10-11,16-17H2,1H3. The minimum atomic E-state index is 0.398. The fraction of sp³-hybridized carbons (Fsp3) is 0.308. The molecule has 1 fully saturated rings. The summed E-state index contributed by atoms with van der Waals surface area (Å²) < 4.78 is 12.5. The van der Waals surface area contributed by atoms with Crippen LogP contribution in [0.15, 0.2) is 59.1 Å². The molecule has 7 heteroatoms. The number of benzene rings is 3. The van der Waals surface area contributed by atoms with Crippen molar-refractivity contribution in [3.63, 3.8) is 0 Å². The average Bonchev–Trinajstić information content (AvgIpc) is 2.82. The fourth-order valence-electron chi connectivity index (χ4n) is 4.01. The van der Waals surface area contributed by atoms with Crippen LogP contribution < -0.4 is 19.7 Å². The van der Waals surface area contributed by atoms with Crippen molar-refractivity contribution >= 4 is 50.5 Å². The Morgan fingerprint density at radius 1 is 0.970 bits per heavy atom. The molecule has 1 heterocycles. The summed E-state index contributed by atoms with van der Waals surface area (Å²) in [5, 5.41) is 4.93. The molecular formula is C26H27BrCl2N2O2. The van der Waals surface area contributed by atoms with Gasteiger partial charge in [0.2, 0.25) is 0 Å². The smallest absolute Gasteiger partial charge is 0.175 e. The van der Waals surface area contributed by atoms with Crippen molar-refractivity contribution in [1.82, 2.24) is 0 Å². The highest BCUT2D eigenvalue weighted by molar-refractivity contribution is 9.10. The number of nitrogens with one attached hydrogen (secondary N) is 1. The van der Waals surface area contributed by atoms with Gasteiger partial charge in [0.1, 0.15) is 6.61 Å². The Morgan fingerprint density at radius 3 is 2.52 bits per heavy atom. The molecular weight excluding hydrogens is 523 g/mol. The van der Waals surface area contributed by atoms with Gasteiger partial charge in [-0.2, -0.15) is 0 Å². The lowest BCUT2D eigenvalue weighted by Gasteiger charge is -2.29. The Hall–Kier alpha value is -2.08. The van der Waals surface area contributed by atoms with Crippen molar-refractivity contribution in [1.29, 1.82) is 0 Å². The first kappa shape index (κ1) is 24.1. The van der Waals surface area contributed by atoms with Gasteiger partial charge >= 0.3 is 0 Å². The maximum Gasteiger partial charge on any atom is 0.175 e. The van der Waals surface area contributed by atoms with Gasteiger partial charge in [-0.25, -0.2) is 0 Å². The topological polar surface area (TPSA) is 33.7 Å². The van der Waals surface area contributed by atoms with Crippen LogP contribution in [-0.2, 0) is 13.2 Å². The van der Waals surface area contributed by atoms with Gasteiger partial charge in [0.25, 0.3) is 0 Å². The third kappa shape index (κ3) is 6.28. The molecule has 0 bridgehead atoms. The minimum Gasteiger partial charge on any atom is -0.493 e. The van der Waals surface area contributed by atoms with E-state index in [9.17, 15) is 0 Å². The summed E-state index contributed by atoms with van der Waals surface area (Å²) in [6.45, 7) is 3.18. The van der Waals surface area contributed by atoms with Crippen LogP contribution >= 0.6 is 39.1 Å². The van der Waals surface area contributed by atoms with E-state index in [4.69, 9.17) is 32.7 Å². The van der Waals surface area contributed by atoms with Crippen LogP contribution in [0.25, 0.3) is 0 Å². The van der Waals surface area contributed by atoms with Gasteiger partial charge in [-0.1, -0.05) is 35.3 Å². The third-order valence-electron chi connectivity index (χ3n) is 5.70. The molecule has 0 spiro atoms. The monoisotopic (exact) mass is 548 g/mol. The molecule has 0 radical (unpaired) electrons. The Kier molecular flexibility index (Phi) is 8.29. The van der Waals surface area contributed by atoms with Crippen LogP contribution in [-0.4, -0.2) is 20.2 Å². The first-order chi connectivity index (χ1) is 16.0. The Morgan fingerprint density at radius 2 is 1.79 bits per heavy atom. The number of anilines is 2. The molecule has 0 atom stereocenters. The molecule has 1 saturated heterocycles. The number of rotatable bonds is 8. The number of nitrogens with zero attached hydrogens (tertiary/aromatic N) is 1. The van der Waals surface area contributed by atoms with Crippen molar-refractivity contribution in [2.24, 2.45) is 0 Å². The molecule has 4 rings (SSSR count). The Balaban J connectivity index is 1.42. The molecule has 0 aromatic heterocycles. The van der Waals surface area contributed by atoms with Crippen molar-refractivity contribution in [3.8, 4) is 11.5 Å². The lowest BCUT2D eigenvalue weighted by Crippen LogP contribution is -2.29. The highest BCUT2D eigenvalue weighted by atomic mass is 79.9. The molecule has 1 N–H and O–H groups in total. The maximum absolute atomic E-state index is 6.60. The van der Waals surface area contributed by atoms with Gasteiger partial charge in [0.15, 0.2) is 11.5 Å². The summed E-state index contributed by atoms with van der Waals surface area (Å²) >= 11 is 16.3. The minimum absolute atomic E-state index is 0.398. The van der Waals surface area contributed by atoms with Crippen LogP contribution in [0.4, 0.5) is 11.4 Å². The number of hydrogen-bond donors (Lipinski definition) is 1. The summed E-state index contributed by atoms with van der Waals surface area (Å²) in [6, 6.07) is 17.8. The van der Waals surface area contributed by atoms with Crippen LogP contribution in [0.1, 0.15) is 30.4 Å². The van der Waals surface area contributed by atoms with Gasteiger partial charge in [0.05, 0.1) is 22.3 Å². The third-order valence-corrected chi connectivity index (χ3v) is 6.83.